The quantitative estimate of drug-likeness (QED) is 0.644. The summed E-state index contributed by atoms with van der Waals surface area (Å²) in [7, 11) is 2.05. The van der Waals surface area contributed by atoms with E-state index >= 15 is 0 Å². The van der Waals surface area contributed by atoms with Gasteiger partial charge in [0.25, 0.3) is 0 Å². The molecule has 2 saturated heterocycles. The number of carbonyl (C=O) groups is 3. The minimum absolute atomic E-state index is 0.120. The molecule has 0 unspecified atom stereocenters. The first-order valence-electron chi connectivity index (χ1n) is 12.9. The van der Waals surface area contributed by atoms with E-state index in [-0.39, 0.29) is 29.6 Å². The molecule has 188 valence electrons. The van der Waals surface area contributed by atoms with E-state index < -0.39 is 18.2 Å². The molecule has 0 aromatic heterocycles. The molecule has 2 aliphatic heterocycles. The van der Waals surface area contributed by atoms with E-state index in [2.05, 4.69) is 35.5 Å². The van der Waals surface area contributed by atoms with Gasteiger partial charge in [-0.2, -0.15) is 5.26 Å². The molecular weight excluding hydrogens is 444 g/mol. The van der Waals surface area contributed by atoms with Crippen molar-refractivity contribution in [1.82, 2.24) is 15.1 Å². The number of ketones is 1. The zero-order chi connectivity index (χ0) is 24.8. The number of nitriles is 1. The molecule has 1 aromatic carbocycles. The number of amides is 2. The van der Waals surface area contributed by atoms with Gasteiger partial charge in [-0.05, 0) is 63.5 Å². The first kappa shape index (κ1) is 25.2. The number of ether oxygens (including phenoxy) is 1. The molecule has 3 fully saturated rings. The fourth-order valence-electron chi connectivity index (χ4n) is 5.62. The first-order valence-corrected chi connectivity index (χ1v) is 12.9. The molecule has 1 N–H and O–H groups in total. The van der Waals surface area contributed by atoms with Crippen molar-refractivity contribution in [3.05, 3.63) is 35.9 Å². The summed E-state index contributed by atoms with van der Waals surface area (Å²) >= 11 is 0. The first-order chi connectivity index (χ1) is 16.9. The second kappa shape index (κ2) is 11.7. The second-order valence-corrected chi connectivity index (χ2v) is 10.3. The van der Waals surface area contributed by atoms with Crippen LogP contribution >= 0.6 is 0 Å². The molecule has 0 radical (unpaired) electrons. The highest BCUT2D eigenvalue weighted by Crippen LogP contribution is 2.29. The summed E-state index contributed by atoms with van der Waals surface area (Å²) in [6, 6.07) is 10.8. The van der Waals surface area contributed by atoms with Gasteiger partial charge in [-0.3, -0.25) is 14.5 Å². The molecule has 1 aliphatic carbocycles. The highest BCUT2D eigenvalue weighted by atomic mass is 16.6. The Balaban J connectivity index is 1.42. The molecule has 4 atom stereocenters. The van der Waals surface area contributed by atoms with Crippen molar-refractivity contribution in [2.75, 3.05) is 26.7 Å². The van der Waals surface area contributed by atoms with Crippen LogP contribution in [-0.2, 0) is 20.7 Å². The Morgan fingerprint density at radius 3 is 2.60 bits per heavy atom. The lowest BCUT2D eigenvalue weighted by Gasteiger charge is -2.31. The Bertz CT molecular complexity index is 938. The normalized spacial score (nSPS) is 26.3. The molecule has 8 nitrogen and oxygen atoms in total. The fraction of sp³-hybridized carbons (Fsp3) is 0.630. The Morgan fingerprint density at radius 1 is 1.20 bits per heavy atom. The second-order valence-electron chi connectivity index (χ2n) is 10.3. The standard InChI is InChI=1S/C27H36N4O4/c1-30-12-10-23(11-13-30)35-27(34)31-18-20(14-19-6-3-2-4-7-19)15-24(31)26(33)29-22(17-28)16-21-8-5-9-25(21)32/h2-4,6-7,20-24H,5,8-16,18H2,1H3,(H,29,33)/t20-,21+,22+,24+/m1/s1. The third-order valence-electron chi connectivity index (χ3n) is 7.65. The summed E-state index contributed by atoms with van der Waals surface area (Å²) < 4.78 is 5.83. The third-order valence-corrected chi connectivity index (χ3v) is 7.65. The number of carbonyl (C=O) groups excluding carboxylic acids is 3. The number of nitrogens with one attached hydrogen (secondary N) is 1. The Hall–Kier alpha value is -2.92. The Labute approximate surface area is 207 Å². The van der Waals surface area contributed by atoms with Gasteiger partial charge in [0.2, 0.25) is 5.91 Å². The van der Waals surface area contributed by atoms with Crippen LogP contribution in [0.15, 0.2) is 30.3 Å². The maximum absolute atomic E-state index is 13.3. The smallest absolute Gasteiger partial charge is 0.410 e. The molecule has 35 heavy (non-hydrogen) atoms. The molecule has 1 saturated carbocycles. The van der Waals surface area contributed by atoms with Crippen LogP contribution in [0.2, 0.25) is 0 Å². The lowest BCUT2D eigenvalue weighted by Crippen LogP contribution is -2.50. The number of hydrogen-bond acceptors (Lipinski definition) is 6. The van der Waals surface area contributed by atoms with Crippen LogP contribution in [0, 0.1) is 23.2 Å². The Morgan fingerprint density at radius 2 is 1.94 bits per heavy atom. The molecule has 4 rings (SSSR count). The van der Waals surface area contributed by atoms with Gasteiger partial charge in [0, 0.05) is 32.0 Å². The maximum Gasteiger partial charge on any atom is 0.410 e. The molecule has 0 bridgehead atoms. The van der Waals surface area contributed by atoms with Crippen LogP contribution in [-0.4, -0.2) is 72.5 Å². The predicted molar refractivity (Wildman–Crippen MR) is 130 cm³/mol. The van der Waals surface area contributed by atoms with Crippen LogP contribution in [0.25, 0.3) is 0 Å². The van der Waals surface area contributed by atoms with Crippen LogP contribution in [0.3, 0.4) is 0 Å². The van der Waals surface area contributed by atoms with E-state index in [1.807, 2.05) is 18.2 Å². The number of piperidine rings is 1. The van der Waals surface area contributed by atoms with Crippen molar-refractivity contribution >= 4 is 17.8 Å². The summed E-state index contributed by atoms with van der Waals surface area (Å²) in [5.74, 6) is -0.209. The van der Waals surface area contributed by atoms with Crippen molar-refractivity contribution in [2.24, 2.45) is 11.8 Å². The molecule has 3 aliphatic rings. The van der Waals surface area contributed by atoms with Gasteiger partial charge in [-0.15, -0.1) is 0 Å². The van der Waals surface area contributed by atoms with Crippen molar-refractivity contribution in [1.29, 1.82) is 5.26 Å². The predicted octanol–water partition coefficient (Wildman–Crippen LogP) is 2.92. The van der Waals surface area contributed by atoms with Gasteiger partial charge in [-0.1, -0.05) is 30.3 Å². The van der Waals surface area contributed by atoms with E-state index in [1.165, 1.54) is 0 Å². The number of benzene rings is 1. The highest BCUT2D eigenvalue weighted by molar-refractivity contribution is 5.87. The van der Waals surface area contributed by atoms with Crippen molar-refractivity contribution in [3.8, 4) is 6.07 Å². The zero-order valence-corrected chi connectivity index (χ0v) is 20.5. The topological polar surface area (TPSA) is 103 Å². The van der Waals surface area contributed by atoms with E-state index in [1.54, 1.807) is 4.90 Å². The average Bonchev–Trinajstić information content (AvgIpc) is 3.47. The van der Waals surface area contributed by atoms with Crippen LogP contribution in [0.4, 0.5) is 4.79 Å². The van der Waals surface area contributed by atoms with E-state index in [0.717, 1.165) is 50.8 Å². The molecule has 0 spiro atoms. The minimum Gasteiger partial charge on any atom is -0.446 e. The zero-order valence-electron chi connectivity index (χ0n) is 20.5. The SMILES string of the molecule is CN1CCC(OC(=O)N2C[C@H](Cc3ccccc3)C[C@H]2C(=O)N[C@H](C#N)C[C@@H]2CCCC2=O)CC1. The van der Waals surface area contributed by atoms with Gasteiger partial charge < -0.3 is 15.0 Å². The number of hydrogen-bond donors (Lipinski definition) is 1. The van der Waals surface area contributed by atoms with Crippen molar-refractivity contribution < 1.29 is 19.1 Å². The van der Waals surface area contributed by atoms with Gasteiger partial charge in [0.1, 0.15) is 24.0 Å². The number of Topliss-reactive ketones (excluding diaryl/α,β-unsaturated/α-hetero) is 1. The number of likely N-dealkylation sites (tertiary alicyclic amines) is 2. The maximum atomic E-state index is 13.3. The van der Waals surface area contributed by atoms with E-state index in [4.69, 9.17) is 4.74 Å². The lowest BCUT2D eigenvalue weighted by molar-refractivity contribution is -0.126. The highest BCUT2D eigenvalue weighted by Gasteiger charge is 2.42. The van der Waals surface area contributed by atoms with E-state index in [0.29, 0.717) is 25.8 Å². The molecular formula is C27H36N4O4. The minimum atomic E-state index is -0.741. The Kier molecular flexibility index (Phi) is 8.40. The summed E-state index contributed by atoms with van der Waals surface area (Å²) in [6.45, 7) is 2.20. The molecule has 8 heteroatoms. The largest absolute Gasteiger partial charge is 0.446 e. The number of rotatable bonds is 7. The lowest BCUT2D eigenvalue weighted by atomic mass is 9.96. The van der Waals surface area contributed by atoms with Crippen LogP contribution in [0.1, 0.15) is 50.5 Å². The van der Waals surface area contributed by atoms with E-state index in [9.17, 15) is 19.6 Å². The van der Waals surface area contributed by atoms with Gasteiger partial charge >= 0.3 is 6.09 Å². The molecule has 2 amide bonds. The van der Waals surface area contributed by atoms with Crippen LogP contribution < -0.4 is 5.32 Å². The summed E-state index contributed by atoms with van der Waals surface area (Å²) in [4.78, 5) is 42.3. The summed E-state index contributed by atoms with van der Waals surface area (Å²) in [6.07, 6.45) is 4.76. The third kappa shape index (κ3) is 6.61. The van der Waals surface area contributed by atoms with Gasteiger partial charge in [0.15, 0.2) is 0 Å². The molecule has 2 heterocycles. The van der Waals surface area contributed by atoms with Gasteiger partial charge in [-0.25, -0.2) is 4.79 Å². The fourth-order valence-corrected chi connectivity index (χ4v) is 5.62. The molecule has 1 aromatic rings. The summed E-state index contributed by atoms with van der Waals surface area (Å²) in [5.41, 5.74) is 1.16. The summed E-state index contributed by atoms with van der Waals surface area (Å²) in [5, 5.41) is 12.5. The number of nitrogens with zero attached hydrogens (tertiary/aromatic N) is 3. The average molecular weight is 481 g/mol. The van der Waals surface area contributed by atoms with Gasteiger partial charge in [0.05, 0.1) is 6.07 Å². The van der Waals surface area contributed by atoms with Crippen LogP contribution in [0.5, 0.6) is 0 Å². The monoisotopic (exact) mass is 480 g/mol. The van der Waals surface area contributed by atoms with Crippen molar-refractivity contribution in [3.63, 3.8) is 0 Å². The van der Waals surface area contributed by atoms with Crippen molar-refractivity contribution in [2.45, 2.75) is 69.6 Å².